The maximum Gasteiger partial charge on any atom is 0.263 e. The largest absolute Gasteiger partial charge is 0.389 e. The molecule has 1 aromatic carbocycles. The van der Waals surface area contributed by atoms with E-state index in [1.54, 1.807) is 31.3 Å². The van der Waals surface area contributed by atoms with Crippen LogP contribution in [0.25, 0.3) is 0 Å². The molecule has 0 bridgehead atoms. The summed E-state index contributed by atoms with van der Waals surface area (Å²) in [4.78, 5) is 4.11. The molecule has 0 saturated carbocycles. The van der Waals surface area contributed by atoms with Gasteiger partial charge in [-0.2, -0.15) is 0 Å². The normalized spacial score (nSPS) is 13.0. The zero-order valence-corrected chi connectivity index (χ0v) is 13.9. The van der Waals surface area contributed by atoms with E-state index in [-0.39, 0.29) is 10.7 Å². The Labute approximate surface area is 132 Å². The molecule has 2 aromatic rings. The Hall–Kier alpha value is -1.44. The van der Waals surface area contributed by atoms with E-state index in [0.717, 1.165) is 10.0 Å². The number of aliphatic hydroxyl groups excluding tert-OH is 1. The first-order valence-corrected chi connectivity index (χ1v) is 8.50. The van der Waals surface area contributed by atoms with Gasteiger partial charge in [0.15, 0.2) is 0 Å². The summed E-state index contributed by atoms with van der Waals surface area (Å²) in [5, 5.41) is 9.54. The summed E-state index contributed by atoms with van der Waals surface area (Å²) in [6.07, 6.45) is 0.813. The van der Waals surface area contributed by atoms with E-state index < -0.39 is 16.1 Å². The molecule has 0 spiro atoms. The van der Waals surface area contributed by atoms with Crippen molar-refractivity contribution in [1.82, 2.24) is 4.98 Å². The van der Waals surface area contributed by atoms with Gasteiger partial charge in [0.25, 0.3) is 10.0 Å². The third-order valence-electron chi connectivity index (χ3n) is 2.94. The summed E-state index contributed by atoms with van der Waals surface area (Å²) in [5.74, 6) is 0.248. The minimum Gasteiger partial charge on any atom is -0.389 e. The number of hydrogen-bond acceptors (Lipinski definition) is 4. The van der Waals surface area contributed by atoms with Crippen molar-refractivity contribution in [3.8, 4) is 0 Å². The van der Waals surface area contributed by atoms with Gasteiger partial charge < -0.3 is 5.11 Å². The van der Waals surface area contributed by atoms with Crippen molar-refractivity contribution in [1.29, 1.82) is 0 Å². The summed E-state index contributed by atoms with van der Waals surface area (Å²) < 4.78 is 27.9. The predicted octanol–water partition coefficient (Wildman–Crippen LogP) is 3.01. The SMILES string of the molecule is Cc1cc(NS(=O)(=O)c2cccc(C(C)O)c2)ncc1Br. The van der Waals surface area contributed by atoms with Gasteiger partial charge in [0.2, 0.25) is 0 Å². The highest BCUT2D eigenvalue weighted by atomic mass is 79.9. The van der Waals surface area contributed by atoms with Crippen LogP contribution < -0.4 is 4.72 Å². The lowest BCUT2D eigenvalue weighted by atomic mass is 10.1. The van der Waals surface area contributed by atoms with Gasteiger partial charge >= 0.3 is 0 Å². The molecule has 5 nitrogen and oxygen atoms in total. The van der Waals surface area contributed by atoms with Crippen LogP contribution >= 0.6 is 15.9 Å². The van der Waals surface area contributed by atoms with E-state index in [9.17, 15) is 13.5 Å². The number of halogens is 1. The molecule has 1 heterocycles. The fourth-order valence-corrected chi connectivity index (χ4v) is 3.00. The number of aromatic nitrogens is 1. The lowest BCUT2D eigenvalue weighted by Crippen LogP contribution is -2.14. The predicted molar refractivity (Wildman–Crippen MR) is 84.6 cm³/mol. The standard InChI is InChI=1S/C14H15BrN2O3S/c1-9-6-14(16-8-13(9)15)17-21(19,20)12-5-3-4-11(7-12)10(2)18/h3-8,10,18H,1-2H3,(H,16,17). The Balaban J connectivity index is 2.33. The molecule has 0 amide bonds. The monoisotopic (exact) mass is 370 g/mol. The van der Waals surface area contributed by atoms with Gasteiger partial charge in [-0.1, -0.05) is 12.1 Å². The van der Waals surface area contributed by atoms with Gasteiger partial charge in [-0.25, -0.2) is 13.4 Å². The van der Waals surface area contributed by atoms with Crippen molar-refractivity contribution in [3.05, 3.63) is 52.1 Å². The van der Waals surface area contributed by atoms with E-state index in [4.69, 9.17) is 0 Å². The van der Waals surface area contributed by atoms with Crippen LogP contribution in [0, 0.1) is 6.92 Å². The number of nitrogens with zero attached hydrogens (tertiary/aromatic N) is 1. The maximum absolute atomic E-state index is 12.3. The molecule has 0 aliphatic rings. The van der Waals surface area contributed by atoms with Crippen molar-refractivity contribution in [2.24, 2.45) is 0 Å². The van der Waals surface area contributed by atoms with Gasteiger partial charge in [0.1, 0.15) is 5.82 Å². The molecule has 0 fully saturated rings. The Morgan fingerprint density at radius 3 is 2.67 bits per heavy atom. The van der Waals surface area contributed by atoms with Crippen LogP contribution in [-0.4, -0.2) is 18.5 Å². The molecule has 0 aliphatic heterocycles. The van der Waals surface area contributed by atoms with Crippen LogP contribution in [0.2, 0.25) is 0 Å². The van der Waals surface area contributed by atoms with E-state index in [2.05, 4.69) is 25.6 Å². The van der Waals surface area contributed by atoms with Crippen LogP contribution in [0.15, 0.2) is 45.9 Å². The molecule has 112 valence electrons. The van der Waals surface area contributed by atoms with Crippen molar-refractivity contribution in [2.75, 3.05) is 4.72 Å². The van der Waals surface area contributed by atoms with Crippen LogP contribution in [0.5, 0.6) is 0 Å². The number of rotatable bonds is 4. The van der Waals surface area contributed by atoms with Gasteiger partial charge in [-0.3, -0.25) is 4.72 Å². The first kappa shape index (κ1) is 15.9. The minimum absolute atomic E-state index is 0.0864. The summed E-state index contributed by atoms with van der Waals surface area (Å²) in [7, 11) is -3.74. The maximum atomic E-state index is 12.3. The fourth-order valence-electron chi connectivity index (χ4n) is 1.73. The fraction of sp³-hybridized carbons (Fsp3) is 0.214. The average molecular weight is 371 g/mol. The van der Waals surface area contributed by atoms with Crippen LogP contribution in [-0.2, 0) is 10.0 Å². The van der Waals surface area contributed by atoms with Gasteiger partial charge in [-0.05, 0) is 59.1 Å². The van der Waals surface area contributed by atoms with E-state index in [1.807, 2.05) is 6.92 Å². The van der Waals surface area contributed by atoms with E-state index in [1.165, 1.54) is 12.1 Å². The van der Waals surface area contributed by atoms with Crippen LogP contribution in [0.3, 0.4) is 0 Å². The van der Waals surface area contributed by atoms with E-state index in [0.29, 0.717) is 5.56 Å². The van der Waals surface area contributed by atoms with Crippen molar-refractivity contribution >= 4 is 31.8 Å². The summed E-state index contributed by atoms with van der Waals surface area (Å²) >= 11 is 3.31. The zero-order valence-electron chi connectivity index (χ0n) is 11.5. The molecule has 2 rings (SSSR count). The molecular weight excluding hydrogens is 356 g/mol. The van der Waals surface area contributed by atoms with Crippen LogP contribution in [0.1, 0.15) is 24.2 Å². The lowest BCUT2D eigenvalue weighted by molar-refractivity contribution is 0.199. The molecule has 1 atom stereocenters. The minimum atomic E-state index is -3.74. The van der Waals surface area contributed by atoms with Gasteiger partial charge in [0.05, 0.1) is 11.0 Å². The molecule has 0 aliphatic carbocycles. The van der Waals surface area contributed by atoms with Crippen molar-refractivity contribution in [3.63, 3.8) is 0 Å². The smallest absolute Gasteiger partial charge is 0.263 e. The third kappa shape index (κ3) is 3.81. The number of pyridine rings is 1. The Morgan fingerprint density at radius 1 is 1.33 bits per heavy atom. The highest BCUT2D eigenvalue weighted by Gasteiger charge is 2.16. The van der Waals surface area contributed by atoms with Crippen molar-refractivity contribution < 1.29 is 13.5 Å². The zero-order chi connectivity index (χ0) is 15.6. The summed E-state index contributed by atoms with van der Waals surface area (Å²) in [6.45, 7) is 3.43. The number of anilines is 1. The lowest BCUT2D eigenvalue weighted by Gasteiger charge is -2.10. The van der Waals surface area contributed by atoms with Crippen molar-refractivity contribution in [2.45, 2.75) is 24.8 Å². The van der Waals surface area contributed by atoms with Gasteiger partial charge in [-0.15, -0.1) is 0 Å². The quantitative estimate of drug-likeness (QED) is 0.866. The number of benzene rings is 1. The second-order valence-corrected chi connectivity index (χ2v) is 7.21. The second-order valence-electron chi connectivity index (χ2n) is 4.67. The first-order chi connectivity index (χ1) is 9.79. The number of aryl methyl sites for hydroxylation is 1. The molecule has 7 heteroatoms. The number of nitrogens with one attached hydrogen (secondary N) is 1. The molecule has 0 radical (unpaired) electrons. The molecular formula is C14H15BrN2O3S. The molecule has 2 N–H and O–H groups in total. The topological polar surface area (TPSA) is 79.3 Å². The summed E-state index contributed by atoms with van der Waals surface area (Å²) in [5.41, 5.74) is 1.42. The number of aliphatic hydroxyl groups is 1. The second kappa shape index (κ2) is 6.13. The number of sulfonamides is 1. The Morgan fingerprint density at radius 2 is 2.05 bits per heavy atom. The van der Waals surface area contributed by atoms with Gasteiger partial charge in [0, 0.05) is 10.7 Å². The molecule has 21 heavy (non-hydrogen) atoms. The van der Waals surface area contributed by atoms with Crippen LogP contribution in [0.4, 0.5) is 5.82 Å². The average Bonchev–Trinajstić information content (AvgIpc) is 2.43. The third-order valence-corrected chi connectivity index (χ3v) is 5.12. The highest BCUT2D eigenvalue weighted by Crippen LogP contribution is 2.21. The Kier molecular flexibility index (Phi) is 4.65. The van der Waals surface area contributed by atoms with E-state index >= 15 is 0 Å². The first-order valence-electron chi connectivity index (χ1n) is 6.22. The molecule has 1 unspecified atom stereocenters. The molecule has 1 aromatic heterocycles. The Bertz CT molecular complexity index is 761. The highest BCUT2D eigenvalue weighted by molar-refractivity contribution is 9.10. The summed E-state index contributed by atoms with van der Waals surface area (Å²) in [6, 6.07) is 7.82. The number of hydrogen-bond donors (Lipinski definition) is 2. The molecule has 0 saturated heterocycles.